The second-order valence-corrected chi connectivity index (χ2v) is 10.6. The number of nitrogens with zero attached hydrogens (tertiary/aromatic N) is 3. The average Bonchev–Trinajstić information content (AvgIpc) is 2.92. The number of hydrogen-bond donors (Lipinski definition) is 0. The van der Waals surface area contributed by atoms with E-state index in [4.69, 9.17) is 4.74 Å². The van der Waals surface area contributed by atoms with Gasteiger partial charge >= 0.3 is 12.3 Å². The van der Waals surface area contributed by atoms with Crippen molar-refractivity contribution in [2.24, 2.45) is 0 Å². The summed E-state index contributed by atoms with van der Waals surface area (Å²) in [5, 5.41) is 0. The molecular formula is C26H38F3N3O3. The van der Waals surface area contributed by atoms with Crippen LogP contribution in [0.3, 0.4) is 0 Å². The van der Waals surface area contributed by atoms with Crippen molar-refractivity contribution in [3.05, 3.63) is 35.4 Å². The molecule has 35 heavy (non-hydrogen) atoms. The number of carbonyl (C=O) groups is 2. The van der Waals surface area contributed by atoms with Crippen LogP contribution in [0.4, 0.5) is 18.0 Å². The molecule has 2 saturated heterocycles. The van der Waals surface area contributed by atoms with Gasteiger partial charge in [0.2, 0.25) is 5.91 Å². The maximum Gasteiger partial charge on any atom is 0.416 e. The monoisotopic (exact) mass is 497 g/mol. The third kappa shape index (κ3) is 8.40. The van der Waals surface area contributed by atoms with Crippen LogP contribution in [0.2, 0.25) is 0 Å². The maximum absolute atomic E-state index is 13.3. The summed E-state index contributed by atoms with van der Waals surface area (Å²) in [5.41, 5.74) is -0.967. The number of halogens is 3. The van der Waals surface area contributed by atoms with Gasteiger partial charge < -0.3 is 19.4 Å². The number of hydrogen-bond acceptors (Lipinski definition) is 4. The molecule has 0 saturated carbocycles. The van der Waals surface area contributed by atoms with Gasteiger partial charge in [0.05, 0.1) is 11.6 Å². The average molecular weight is 498 g/mol. The minimum Gasteiger partial charge on any atom is -0.444 e. The third-order valence-electron chi connectivity index (χ3n) is 6.50. The number of rotatable bonds is 6. The summed E-state index contributed by atoms with van der Waals surface area (Å²) in [7, 11) is 0. The zero-order chi connectivity index (χ0) is 25.6. The minimum absolute atomic E-state index is 0.0382. The molecule has 0 radical (unpaired) electrons. The van der Waals surface area contributed by atoms with Gasteiger partial charge in [-0.25, -0.2) is 4.79 Å². The van der Waals surface area contributed by atoms with Crippen LogP contribution >= 0.6 is 0 Å². The van der Waals surface area contributed by atoms with Crippen LogP contribution < -0.4 is 0 Å². The van der Waals surface area contributed by atoms with E-state index in [1.807, 2.05) is 0 Å². The zero-order valence-corrected chi connectivity index (χ0v) is 21.1. The van der Waals surface area contributed by atoms with Crippen LogP contribution in [-0.4, -0.2) is 77.6 Å². The second-order valence-electron chi connectivity index (χ2n) is 10.6. The van der Waals surface area contributed by atoms with E-state index in [1.54, 1.807) is 31.7 Å². The molecule has 2 fully saturated rings. The van der Waals surface area contributed by atoms with Crippen molar-refractivity contribution in [1.82, 2.24) is 14.7 Å². The Morgan fingerprint density at radius 3 is 2.43 bits per heavy atom. The van der Waals surface area contributed by atoms with Gasteiger partial charge in [-0.1, -0.05) is 24.6 Å². The highest BCUT2D eigenvalue weighted by Gasteiger charge is 2.35. The molecule has 2 heterocycles. The van der Waals surface area contributed by atoms with Crippen molar-refractivity contribution in [1.29, 1.82) is 0 Å². The van der Waals surface area contributed by atoms with Crippen molar-refractivity contribution >= 4 is 12.0 Å². The van der Waals surface area contributed by atoms with Crippen LogP contribution in [0.5, 0.6) is 0 Å². The lowest BCUT2D eigenvalue weighted by Crippen LogP contribution is -2.48. The summed E-state index contributed by atoms with van der Waals surface area (Å²) in [6, 6.07) is 4.71. The second kappa shape index (κ2) is 11.6. The largest absolute Gasteiger partial charge is 0.444 e. The minimum atomic E-state index is -4.44. The molecule has 3 rings (SSSR count). The van der Waals surface area contributed by atoms with Crippen LogP contribution in [0.15, 0.2) is 24.3 Å². The van der Waals surface area contributed by atoms with Crippen LogP contribution in [0, 0.1) is 0 Å². The smallest absolute Gasteiger partial charge is 0.416 e. The molecule has 0 spiro atoms. The highest BCUT2D eigenvalue weighted by molar-refractivity contribution is 5.78. The fourth-order valence-electron chi connectivity index (χ4n) is 4.78. The van der Waals surface area contributed by atoms with Gasteiger partial charge in [0.25, 0.3) is 0 Å². The summed E-state index contributed by atoms with van der Waals surface area (Å²) in [5.74, 6) is -0.0382. The molecule has 0 N–H and O–H groups in total. The molecule has 2 amide bonds. The Kier molecular flexibility index (Phi) is 9.07. The van der Waals surface area contributed by atoms with Gasteiger partial charge in [0, 0.05) is 26.1 Å². The third-order valence-corrected chi connectivity index (χ3v) is 6.50. The number of carbonyl (C=O) groups excluding carboxylic acids is 2. The molecule has 1 unspecified atom stereocenters. The Morgan fingerprint density at radius 2 is 1.77 bits per heavy atom. The molecule has 196 valence electrons. The highest BCUT2D eigenvalue weighted by Crippen LogP contribution is 2.30. The topological polar surface area (TPSA) is 53.1 Å². The predicted octanol–water partition coefficient (Wildman–Crippen LogP) is 4.96. The normalized spacial score (nSPS) is 20.6. The molecule has 2 aliphatic heterocycles. The first-order valence-electron chi connectivity index (χ1n) is 12.6. The summed E-state index contributed by atoms with van der Waals surface area (Å²) < 4.78 is 45.4. The molecule has 1 aromatic carbocycles. The van der Waals surface area contributed by atoms with Gasteiger partial charge in [-0.05, 0) is 77.7 Å². The molecule has 9 heteroatoms. The number of piperidine rings is 1. The molecule has 6 nitrogen and oxygen atoms in total. The van der Waals surface area contributed by atoms with Crippen molar-refractivity contribution in [3.63, 3.8) is 0 Å². The lowest BCUT2D eigenvalue weighted by molar-refractivity contribution is -0.137. The van der Waals surface area contributed by atoms with Crippen LogP contribution in [-0.2, 0) is 22.1 Å². The Hall–Kier alpha value is -2.29. The van der Waals surface area contributed by atoms with Gasteiger partial charge in [-0.2, -0.15) is 13.2 Å². The molecule has 0 aliphatic carbocycles. The van der Waals surface area contributed by atoms with Crippen molar-refractivity contribution in [2.75, 3.05) is 39.3 Å². The number of benzene rings is 1. The Labute approximate surface area is 206 Å². The van der Waals surface area contributed by atoms with Gasteiger partial charge in [-0.3, -0.25) is 4.79 Å². The summed E-state index contributed by atoms with van der Waals surface area (Å²) in [4.78, 5) is 31.6. The van der Waals surface area contributed by atoms with Crippen molar-refractivity contribution in [3.8, 4) is 0 Å². The molecule has 2 aliphatic rings. The van der Waals surface area contributed by atoms with Crippen molar-refractivity contribution < 1.29 is 27.5 Å². The first-order valence-corrected chi connectivity index (χ1v) is 12.6. The molecule has 0 aromatic heterocycles. The number of amides is 2. The predicted molar refractivity (Wildman–Crippen MR) is 128 cm³/mol. The van der Waals surface area contributed by atoms with Crippen molar-refractivity contribution in [2.45, 2.75) is 77.1 Å². The van der Waals surface area contributed by atoms with Crippen LogP contribution in [0.25, 0.3) is 0 Å². The highest BCUT2D eigenvalue weighted by atomic mass is 19.4. The number of ether oxygens (including phenoxy) is 1. The van der Waals surface area contributed by atoms with E-state index in [1.165, 1.54) is 30.2 Å². The van der Waals surface area contributed by atoms with E-state index in [0.29, 0.717) is 12.1 Å². The first kappa shape index (κ1) is 27.3. The SMILES string of the molecule is CC(C)(C)OC(=O)N1CCC(=O)N(CCCN2CCCCC2)CC1Cc1cccc(C(F)(F)F)c1. The zero-order valence-electron chi connectivity index (χ0n) is 21.1. The first-order chi connectivity index (χ1) is 16.4. The molecular weight excluding hydrogens is 459 g/mol. The summed E-state index contributed by atoms with van der Waals surface area (Å²) in [6.45, 7) is 9.40. The van der Waals surface area contributed by atoms with Crippen LogP contribution in [0.1, 0.15) is 64.0 Å². The standard InChI is InChI=1S/C26H38F3N3O3/c1-25(2,3)35-24(34)32-16-11-23(33)31(15-8-14-30-12-5-4-6-13-30)19-22(32)18-20-9-7-10-21(17-20)26(27,28)29/h7,9-10,17,22H,4-6,8,11-16,18-19H2,1-3H3. The van der Waals surface area contributed by atoms with E-state index < -0.39 is 29.5 Å². The maximum atomic E-state index is 13.3. The molecule has 1 aromatic rings. The summed E-state index contributed by atoms with van der Waals surface area (Å²) in [6.07, 6.45) is -0.119. The Morgan fingerprint density at radius 1 is 1.06 bits per heavy atom. The Bertz CT molecular complexity index is 863. The molecule has 1 atom stereocenters. The van der Waals surface area contributed by atoms with Gasteiger partial charge in [-0.15, -0.1) is 0 Å². The van der Waals surface area contributed by atoms with E-state index in [2.05, 4.69) is 4.90 Å². The lowest BCUT2D eigenvalue weighted by atomic mass is 10.0. The fraction of sp³-hybridized carbons (Fsp3) is 0.692. The van der Waals surface area contributed by atoms with E-state index in [9.17, 15) is 22.8 Å². The molecule has 0 bridgehead atoms. The number of likely N-dealkylation sites (tertiary alicyclic amines) is 1. The summed E-state index contributed by atoms with van der Waals surface area (Å²) >= 11 is 0. The van der Waals surface area contributed by atoms with Gasteiger partial charge in [0.1, 0.15) is 5.60 Å². The van der Waals surface area contributed by atoms with Gasteiger partial charge in [0.15, 0.2) is 0 Å². The van der Waals surface area contributed by atoms with E-state index in [-0.39, 0.29) is 31.8 Å². The Balaban J connectivity index is 1.76. The quantitative estimate of drug-likeness (QED) is 0.558. The lowest BCUT2D eigenvalue weighted by Gasteiger charge is -2.34. The van der Waals surface area contributed by atoms with E-state index >= 15 is 0 Å². The van der Waals surface area contributed by atoms with E-state index in [0.717, 1.165) is 38.2 Å². The number of alkyl halides is 3. The fourth-order valence-corrected chi connectivity index (χ4v) is 4.78.